The molecule has 0 saturated carbocycles. The summed E-state index contributed by atoms with van der Waals surface area (Å²) in [6.45, 7) is 7.96. The minimum absolute atomic E-state index is 0.117. The van der Waals surface area contributed by atoms with Gasteiger partial charge in [0.05, 0.1) is 0 Å². The van der Waals surface area contributed by atoms with Crippen LogP contribution >= 0.6 is 0 Å². The standard InChI is InChI=1S/C15H24N2O/c1-6-17(12(2)11-16(4)5)15-9-7-14(8-10-15)13(3)18/h7-10,12H,6,11H2,1-5H3. The third-order valence-corrected chi connectivity index (χ3v) is 3.11. The van der Waals surface area contributed by atoms with Gasteiger partial charge in [-0.25, -0.2) is 0 Å². The zero-order valence-corrected chi connectivity index (χ0v) is 12.1. The van der Waals surface area contributed by atoms with Gasteiger partial charge in [-0.2, -0.15) is 0 Å². The van der Waals surface area contributed by atoms with Crippen molar-refractivity contribution in [1.29, 1.82) is 0 Å². The van der Waals surface area contributed by atoms with Crippen LogP contribution in [0.4, 0.5) is 5.69 Å². The molecule has 0 aliphatic carbocycles. The van der Waals surface area contributed by atoms with Crippen LogP contribution in [0.1, 0.15) is 31.1 Å². The molecule has 3 nitrogen and oxygen atoms in total. The molecular formula is C15H24N2O. The third-order valence-electron chi connectivity index (χ3n) is 3.11. The zero-order chi connectivity index (χ0) is 13.7. The molecule has 0 bridgehead atoms. The monoisotopic (exact) mass is 248 g/mol. The molecule has 100 valence electrons. The second-order valence-electron chi connectivity index (χ2n) is 5.00. The van der Waals surface area contributed by atoms with Crippen LogP contribution in [0.15, 0.2) is 24.3 Å². The molecular weight excluding hydrogens is 224 g/mol. The average Bonchev–Trinajstić information content (AvgIpc) is 2.29. The number of hydrogen-bond acceptors (Lipinski definition) is 3. The van der Waals surface area contributed by atoms with Gasteiger partial charge < -0.3 is 9.80 Å². The molecule has 0 saturated heterocycles. The van der Waals surface area contributed by atoms with Crippen LogP contribution in [0.25, 0.3) is 0 Å². The number of carbonyl (C=O) groups is 1. The van der Waals surface area contributed by atoms with E-state index < -0.39 is 0 Å². The number of carbonyl (C=O) groups excluding carboxylic acids is 1. The fourth-order valence-electron chi connectivity index (χ4n) is 2.26. The van der Waals surface area contributed by atoms with Crippen molar-refractivity contribution in [2.45, 2.75) is 26.8 Å². The van der Waals surface area contributed by atoms with E-state index in [-0.39, 0.29) is 5.78 Å². The third kappa shape index (κ3) is 3.84. The van der Waals surface area contributed by atoms with Crippen LogP contribution in [0, 0.1) is 0 Å². The largest absolute Gasteiger partial charge is 0.368 e. The second-order valence-corrected chi connectivity index (χ2v) is 5.00. The number of ketones is 1. The molecule has 0 radical (unpaired) electrons. The van der Waals surface area contributed by atoms with E-state index in [0.29, 0.717) is 6.04 Å². The smallest absolute Gasteiger partial charge is 0.159 e. The Morgan fingerprint density at radius 3 is 2.17 bits per heavy atom. The molecule has 0 fully saturated rings. The van der Waals surface area contributed by atoms with Crippen molar-refractivity contribution in [3.05, 3.63) is 29.8 Å². The lowest BCUT2D eigenvalue weighted by Crippen LogP contribution is -2.40. The minimum atomic E-state index is 0.117. The molecule has 1 aromatic carbocycles. The average molecular weight is 248 g/mol. The molecule has 0 aliphatic heterocycles. The lowest BCUT2D eigenvalue weighted by atomic mass is 10.1. The normalized spacial score (nSPS) is 12.6. The molecule has 3 heteroatoms. The number of hydrogen-bond donors (Lipinski definition) is 0. The highest BCUT2D eigenvalue weighted by molar-refractivity contribution is 5.94. The lowest BCUT2D eigenvalue weighted by molar-refractivity contribution is 0.101. The fraction of sp³-hybridized carbons (Fsp3) is 0.533. The van der Waals surface area contributed by atoms with Gasteiger partial charge in [-0.15, -0.1) is 0 Å². The summed E-state index contributed by atoms with van der Waals surface area (Å²) in [5.41, 5.74) is 1.95. The van der Waals surface area contributed by atoms with Crippen molar-refractivity contribution in [2.75, 3.05) is 32.1 Å². The highest BCUT2D eigenvalue weighted by Gasteiger charge is 2.13. The Morgan fingerprint density at radius 2 is 1.78 bits per heavy atom. The lowest BCUT2D eigenvalue weighted by Gasteiger charge is -2.32. The molecule has 1 rings (SSSR count). The van der Waals surface area contributed by atoms with E-state index in [4.69, 9.17) is 0 Å². The first-order valence-corrected chi connectivity index (χ1v) is 6.48. The SMILES string of the molecule is CCN(c1ccc(C(C)=O)cc1)C(C)CN(C)C. The highest BCUT2D eigenvalue weighted by atomic mass is 16.1. The molecule has 0 spiro atoms. The molecule has 1 unspecified atom stereocenters. The summed E-state index contributed by atoms with van der Waals surface area (Å²) in [6, 6.07) is 8.33. The van der Waals surface area contributed by atoms with E-state index in [0.717, 1.165) is 18.7 Å². The second kappa shape index (κ2) is 6.55. The maximum atomic E-state index is 11.3. The summed E-state index contributed by atoms with van der Waals surface area (Å²) in [5.74, 6) is 0.117. The number of Topliss-reactive ketones (excluding diaryl/α,β-unsaturated/α-hetero) is 1. The quantitative estimate of drug-likeness (QED) is 0.723. The minimum Gasteiger partial charge on any atom is -0.368 e. The summed E-state index contributed by atoms with van der Waals surface area (Å²) in [5, 5.41) is 0. The molecule has 0 aromatic heterocycles. The molecule has 0 N–H and O–H groups in total. The van der Waals surface area contributed by atoms with E-state index in [1.54, 1.807) is 6.92 Å². The maximum Gasteiger partial charge on any atom is 0.159 e. The van der Waals surface area contributed by atoms with Gasteiger partial charge in [0.25, 0.3) is 0 Å². The molecule has 18 heavy (non-hydrogen) atoms. The Bertz CT molecular complexity index is 384. The van der Waals surface area contributed by atoms with Crippen LogP contribution in [0.3, 0.4) is 0 Å². The Hall–Kier alpha value is -1.35. The first-order valence-electron chi connectivity index (χ1n) is 6.48. The van der Waals surface area contributed by atoms with Crippen LogP contribution in [-0.2, 0) is 0 Å². The molecule has 1 aromatic rings. The van der Waals surface area contributed by atoms with Gasteiger partial charge >= 0.3 is 0 Å². The van der Waals surface area contributed by atoms with E-state index in [9.17, 15) is 4.79 Å². The van der Waals surface area contributed by atoms with Crippen molar-refractivity contribution >= 4 is 11.5 Å². The predicted octanol–water partition coefficient (Wildman–Crippen LogP) is 2.67. The summed E-state index contributed by atoms with van der Waals surface area (Å²) < 4.78 is 0. The van der Waals surface area contributed by atoms with E-state index in [1.165, 1.54) is 5.69 Å². The number of anilines is 1. The van der Waals surface area contributed by atoms with Gasteiger partial charge in [-0.3, -0.25) is 4.79 Å². The molecule has 0 aliphatic rings. The van der Waals surface area contributed by atoms with Crippen molar-refractivity contribution < 1.29 is 4.79 Å². The van der Waals surface area contributed by atoms with Gasteiger partial charge in [0.15, 0.2) is 5.78 Å². The van der Waals surface area contributed by atoms with Gasteiger partial charge in [0, 0.05) is 30.4 Å². The van der Waals surface area contributed by atoms with E-state index in [2.05, 4.69) is 37.7 Å². The predicted molar refractivity (Wildman–Crippen MR) is 77.5 cm³/mol. The number of likely N-dealkylation sites (N-methyl/N-ethyl adjacent to an activating group) is 2. The summed E-state index contributed by atoms with van der Waals surface area (Å²) >= 11 is 0. The highest BCUT2D eigenvalue weighted by Crippen LogP contribution is 2.18. The Kier molecular flexibility index (Phi) is 5.35. The summed E-state index contributed by atoms with van der Waals surface area (Å²) in [7, 11) is 4.17. The van der Waals surface area contributed by atoms with E-state index >= 15 is 0 Å². The Balaban J connectivity index is 2.85. The number of rotatable bonds is 6. The first kappa shape index (κ1) is 14.7. The van der Waals surface area contributed by atoms with Crippen molar-refractivity contribution in [3.8, 4) is 0 Å². The zero-order valence-electron chi connectivity index (χ0n) is 12.1. The van der Waals surface area contributed by atoms with Crippen molar-refractivity contribution in [3.63, 3.8) is 0 Å². The van der Waals surface area contributed by atoms with Crippen LogP contribution < -0.4 is 4.90 Å². The first-order chi connectivity index (χ1) is 8.45. The fourth-order valence-corrected chi connectivity index (χ4v) is 2.26. The topological polar surface area (TPSA) is 23.6 Å². The van der Waals surface area contributed by atoms with Gasteiger partial charge in [0.2, 0.25) is 0 Å². The van der Waals surface area contributed by atoms with Crippen LogP contribution in [0.5, 0.6) is 0 Å². The Labute approximate surface area is 110 Å². The number of benzene rings is 1. The summed E-state index contributed by atoms with van der Waals surface area (Å²) in [4.78, 5) is 15.8. The van der Waals surface area contributed by atoms with Gasteiger partial charge in [0.1, 0.15) is 0 Å². The van der Waals surface area contributed by atoms with E-state index in [1.807, 2.05) is 24.3 Å². The Morgan fingerprint density at radius 1 is 1.22 bits per heavy atom. The van der Waals surface area contributed by atoms with Crippen molar-refractivity contribution in [2.24, 2.45) is 0 Å². The van der Waals surface area contributed by atoms with Gasteiger partial charge in [-0.05, 0) is 59.1 Å². The van der Waals surface area contributed by atoms with Crippen LogP contribution in [0.2, 0.25) is 0 Å². The summed E-state index contributed by atoms with van der Waals surface area (Å²) in [6.07, 6.45) is 0. The molecule has 0 amide bonds. The molecule has 0 heterocycles. The van der Waals surface area contributed by atoms with Crippen LogP contribution in [-0.4, -0.2) is 43.9 Å². The van der Waals surface area contributed by atoms with Gasteiger partial charge in [-0.1, -0.05) is 0 Å². The van der Waals surface area contributed by atoms with Crippen molar-refractivity contribution in [1.82, 2.24) is 4.90 Å². The maximum absolute atomic E-state index is 11.3. The number of nitrogens with zero attached hydrogens (tertiary/aromatic N) is 2. The molecule has 1 atom stereocenters.